The lowest BCUT2D eigenvalue weighted by Gasteiger charge is -2.31. The maximum absolute atomic E-state index is 5.15. The van der Waals surface area contributed by atoms with Crippen molar-refractivity contribution >= 4 is 5.65 Å². The zero-order chi connectivity index (χ0) is 15.8. The number of likely N-dealkylation sites (tertiary alicyclic amines) is 1. The standard InChI is InChI=1S/C17H21N5O/c1-12-9-16(19-17-3-6-18-22(12)17)14-4-7-21(8-5-14)11-15-10-13(2)23-20-15/h3,6,9-10,14H,4-5,7-8,11H2,1-2H3. The Morgan fingerprint density at radius 2 is 2.04 bits per heavy atom. The molecule has 4 rings (SSSR count). The summed E-state index contributed by atoms with van der Waals surface area (Å²) in [6.07, 6.45) is 4.07. The van der Waals surface area contributed by atoms with Crippen LogP contribution in [0.25, 0.3) is 5.65 Å². The van der Waals surface area contributed by atoms with Gasteiger partial charge in [-0.25, -0.2) is 9.50 Å². The molecule has 0 aliphatic carbocycles. The molecule has 0 aromatic carbocycles. The highest BCUT2D eigenvalue weighted by Gasteiger charge is 2.23. The van der Waals surface area contributed by atoms with E-state index in [2.05, 4.69) is 28.1 Å². The summed E-state index contributed by atoms with van der Waals surface area (Å²) in [5.74, 6) is 1.41. The van der Waals surface area contributed by atoms with Crippen molar-refractivity contribution in [1.29, 1.82) is 0 Å². The number of fused-ring (bicyclic) bond motifs is 1. The summed E-state index contributed by atoms with van der Waals surface area (Å²) in [4.78, 5) is 7.23. The molecule has 0 amide bonds. The number of aryl methyl sites for hydroxylation is 2. The SMILES string of the molecule is Cc1cc(CN2CCC(c3cc(C)n4nccc4n3)CC2)no1. The zero-order valence-corrected chi connectivity index (χ0v) is 13.6. The van der Waals surface area contributed by atoms with Gasteiger partial charge in [-0.05, 0) is 45.8 Å². The minimum Gasteiger partial charge on any atom is -0.361 e. The molecule has 23 heavy (non-hydrogen) atoms. The van der Waals surface area contributed by atoms with Crippen LogP contribution in [0, 0.1) is 13.8 Å². The summed E-state index contributed by atoms with van der Waals surface area (Å²) in [7, 11) is 0. The fourth-order valence-electron chi connectivity index (χ4n) is 3.41. The normalized spacial score (nSPS) is 17.1. The van der Waals surface area contributed by atoms with Crippen molar-refractivity contribution in [1.82, 2.24) is 24.7 Å². The maximum Gasteiger partial charge on any atom is 0.155 e. The van der Waals surface area contributed by atoms with Crippen LogP contribution < -0.4 is 0 Å². The van der Waals surface area contributed by atoms with Crippen LogP contribution in [0.5, 0.6) is 0 Å². The molecule has 3 aromatic rings. The van der Waals surface area contributed by atoms with E-state index in [4.69, 9.17) is 9.51 Å². The number of hydrogen-bond donors (Lipinski definition) is 0. The fraction of sp³-hybridized carbons (Fsp3) is 0.471. The first-order valence-corrected chi connectivity index (χ1v) is 8.15. The Hall–Kier alpha value is -2.21. The van der Waals surface area contributed by atoms with Crippen molar-refractivity contribution in [3.63, 3.8) is 0 Å². The maximum atomic E-state index is 5.15. The van der Waals surface area contributed by atoms with E-state index in [1.807, 2.05) is 29.8 Å². The molecule has 1 fully saturated rings. The first-order valence-electron chi connectivity index (χ1n) is 8.15. The average Bonchev–Trinajstić information content (AvgIpc) is 3.17. The van der Waals surface area contributed by atoms with Crippen LogP contribution in [-0.4, -0.2) is 37.7 Å². The van der Waals surface area contributed by atoms with Crippen LogP contribution in [0.4, 0.5) is 0 Å². The summed E-state index contributed by atoms with van der Waals surface area (Å²) in [5.41, 5.74) is 4.32. The van der Waals surface area contributed by atoms with Crippen LogP contribution in [0.2, 0.25) is 0 Å². The van der Waals surface area contributed by atoms with Gasteiger partial charge < -0.3 is 4.52 Å². The molecular weight excluding hydrogens is 290 g/mol. The number of nitrogens with zero attached hydrogens (tertiary/aromatic N) is 5. The van der Waals surface area contributed by atoms with E-state index in [9.17, 15) is 0 Å². The van der Waals surface area contributed by atoms with E-state index in [1.54, 1.807) is 0 Å². The molecule has 0 saturated carbocycles. The molecule has 120 valence electrons. The molecule has 1 saturated heterocycles. The number of rotatable bonds is 3. The zero-order valence-electron chi connectivity index (χ0n) is 13.6. The Morgan fingerprint density at radius 1 is 1.22 bits per heavy atom. The summed E-state index contributed by atoms with van der Waals surface area (Å²) in [6, 6.07) is 6.17. The second kappa shape index (κ2) is 5.77. The fourth-order valence-corrected chi connectivity index (χ4v) is 3.41. The predicted octanol–water partition coefficient (Wildman–Crippen LogP) is 2.71. The van der Waals surface area contributed by atoms with Crippen molar-refractivity contribution in [3.8, 4) is 0 Å². The van der Waals surface area contributed by atoms with Gasteiger partial charge in [0.05, 0.1) is 11.9 Å². The van der Waals surface area contributed by atoms with Crippen molar-refractivity contribution in [2.24, 2.45) is 0 Å². The van der Waals surface area contributed by atoms with E-state index in [0.717, 1.165) is 55.3 Å². The first-order chi connectivity index (χ1) is 11.2. The highest BCUT2D eigenvalue weighted by molar-refractivity contribution is 5.39. The van der Waals surface area contributed by atoms with Gasteiger partial charge in [-0.1, -0.05) is 5.16 Å². The molecule has 1 aliphatic heterocycles. The molecular formula is C17H21N5O. The van der Waals surface area contributed by atoms with Crippen LogP contribution in [0.1, 0.15) is 41.6 Å². The van der Waals surface area contributed by atoms with E-state index in [0.29, 0.717) is 5.92 Å². The average molecular weight is 311 g/mol. The molecule has 0 bridgehead atoms. The van der Waals surface area contributed by atoms with E-state index < -0.39 is 0 Å². The van der Waals surface area contributed by atoms with Gasteiger partial charge in [0.25, 0.3) is 0 Å². The van der Waals surface area contributed by atoms with Gasteiger partial charge in [-0.2, -0.15) is 5.10 Å². The second-order valence-corrected chi connectivity index (χ2v) is 6.40. The third-order valence-electron chi connectivity index (χ3n) is 4.63. The van der Waals surface area contributed by atoms with Gasteiger partial charge >= 0.3 is 0 Å². The topological polar surface area (TPSA) is 59.5 Å². The molecule has 4 heterocycles. The van der Waals surface area contributed by atoms with E-state index in [1.165, 1.54) is 5.69 Å². The molecule has 6 heteroatoms. The lowest BCUT2D eigenvalue weighted by Crippen LogP contribution is -2.32. The van der Waals surface area contributed by atoms with Crippen LogP contribution in [0.15, 0.2) is 28.9 Å². The minimum atomic E-state index is 0.531. The summed E-state index contributed by atoms with van der Waals surface area (Å²) < 4.78 is 7.04. The summed E-state index contributed by atoms with van der Waals surface area (Å²) >= 11 is 0. The van der Waals surface area contributed by atoms with Crippen LogP contribution in [-0.2, 0) is 6.54 Å². The van der Waals surface area contributed by atoms with Gasteiger partial charge in [-0.15, -0.1) is 0 Å². The van der Waals surface area contributed by atoms with E-state index in [-0.39, 0.29) is 0 Å². The lowest BCUT2D eigenvalue weighted by molar-refractivity contribution is 0.198. The Balaban J connectivity index is 1.44. The lowest BCUT2D eigenvalue weighted by atomic mass is 9.93. The molecule has 0 unspecified atom stereocenters. The Morgan fingerprint density at radius 3 is 2.78 bits per heavy atom. The molecule has 6 nitrogen and oxygen atoms in total. The molecule has 3 aromatic heterocycles. The monoisotopic (exact) mass is 311 g/mol. The van der Waals surface area contributed by atoms with Gasteiger partial charge in [0.1, 0.15) is 5.76 Å². The third kappa shape index (κ3) is 2.86. The van der Waals surface area contributed by atoms with Crippen molar-refractivity contribution < 1.29 is 4.52 Å². The smallest absolute Gasteiger partial charge is 0.155 e. The predicted molar refractivity (Wildman–Crippen MR) is 86.2 cm³/mol. The van der Waals surface area contributed by atoms with Gasteiger partial charge in [0.2, 0.25) is 0 Å². The Labute approximate surface area is 135 Å². The minimum absolute atomic E-state index is 0.531. The van der Waals surface area contributed by atoms with E-state index >= 15 is 0 Å². The number of hydrogen-bond acceptors (Lipinski definition) is 5. The van der Waals surface area contributed by atoms with Crippen LogP contribution >= 0.6 is 0 Å². The second-order valence-electron chi connectivity index (χ2n) is 6.40. The van der Waals surface area contributed by atoms with Crippen LogP contribution in [0.3, 0.4) is 0 Å². The molecule has 0 atom stereocenters. The molecule has 0 spiro atoms. The van der Waals surface area contributed by atoms with Gasteiger partial charge in [-0.3, -0.25) is 4.90 Å². The van der Waals surface area contributed by atoms with Gasteiger partial charge in [0, 0.05) is 36.0 Å². The number of aromatic nitrogens is 4. The molecule has 1 aliphatic rings. The third-order valence-corrected chi connectivity index (χ3v) is 4.63. The quantitative estimate of drug-likeness (QED) is 0.744. The highest BCUT2D eigenvalue weighted by Crippen LogP contribution is 2.28. The Kier molecular flexibility index (Phi) is 3.61. The summed E-state index contributed by atoms with van der Waals surface area (Å²) in [6.45, 7) is 7.04. The molecule has 0 radical (unpaired) electrons. The van der Waals surface area contributed by atoms with Crippen molar-refractivity contribution in [2.75, 3.05) is 13.1 Å². The highest BCUT2D eigenvalue weighted by atomic mass is 16.5. The van der Waals surface area contributed by atoms with Gasteiger partial charge in [0.15, 0.2) is 5.65 Å². The van der Waals surface area contributed by atoms with Crippen molar-refractivity contribution in [2.45, 2.75) is 39.2 Å². The largest absolute Gasteiger partial charge is 0.361 e. The first kappa shape index (κ1) is 14.4. The summed E-state index contributed by atoms with van der Waals surface area (Å²) in [5, 5.41) is 8.38. The Bertz CT molecular complexity index is 813. The number of piperidine rings is 1. The van der Waals surface area contributed by atoms with Crippen molar-refractivity contribution in [3.05, 3.63) is 47.2 Å². The molecule has 0 N–H and O–H groups in total.